The molecule has 2 nitrogen and oxygen atoms in total. The molecule has 0 saturated heterocycles. The van der Waals surface area contributed by atoms with Crippen molar-refractivity contribution in [3.8, 4) is 5.75 Å². The van der Waals surface area contributed by atoms with Gasteiger partial charge in [0.25, 0.3) is 0 Å². The molecule has 0 amide bonds. The van der Waals surface area contributed by atoms with E-state index in [1.54, 1.807) is 7.11 Å². The minimum Gasteiger partial charge on any atom is -0.490 e. The highest BCUT2D eigenvalue weighted by atomic mass is 79.9. The zero-order valence-electron chi connectivity index (χ0n) is 9.49. The van der Waals surface area contributed by atoms with Crippen LogP contribution >= 0.6 is 15.9 Å². The summed E-state index contributed by atoms with van der Waals surface area (Å²) >= 11 is 3.42. The Bertz CT molecular complexity index is 323. The Morgan fingerprint density at radius 3 is 2.50 bits per heavy atom. The van der Waals surface area contributed by atoms with Gasteiger partial charge in [0, 0.05) is 18.0 Å². The SMILES string of the molecule is COC1CCCC(Oc2ccc(Br)cc2)C1. The molecule has 88 valence electrons. The molecule has 0 spiro atoms. The van der Waals surface area contributed by atoms with Gasteiger partial charge in [-0.2, -0.15) is 0 Å². The van der Waals surface area contributed by atoms with Crippen molar-refractivity contribution in [3.63, 3.8) is 0 Å². The van der Waals surface area contributed by atoms with Crippen LogP contribution in [-0.4, -0.2) is 19.3 Å². The van der Waals surface area contributed by atoms with E-state index in [0.29, 0.717) is 12.2 Å². The zero-order valence-corrected chi connectivity index (χ0v) is 11.1. The summed E-state index contributed by atoms with van der Waals surface area (Å²) in [5.74, 6) is 0.949. The van der Waals surface area contributed by atoms with Crippen LogP contribution in [0.25, 0.3) is 0 Å². The van der Waals surface area contributed by atoms with E-state index >= 15 is 0 Å². The molecule has 1 aliphatic rings. The van der Waals surface area contributed by atoms with Gasteiger partial charge in [-0.1, -0.05) is 15.9 Å². The predicted molar refractivity (Wildman–Crippen MR) is 67.8 cm³/mol. The maximum atomic E-state index is 5.94. The van der Waals surface area contributed by atoms with Crippen molar-refractivity contribution in [2.45, 2.75) is 37.9 Å². The molecule has 2 atom stereocenters. The average Bonchev–Trinajstić information content (AvgIpc) is 2.32. The van der Waals surface area contributed by atoms with E-state index in [2.05, 4.69) is 15.9 Å². The monoisotopic (exact) mass is 284 g/mol. The third-order valence-electron chi connectivity index (χ3n) is 3.03. The van der Waals surface area contributed by atoms with Crippen LogP contribution in [0.5, 0.6) is 5.75 Å². The summed E-state index contributed by atoms with van der Waals surface area (Å²) < 4.78 is 12.4. The topological polar surface area (TPSA) is 18.5 Å². The molecular weight excluding hydrogens is 268 g/mol. The first-order valence-electron chi connectivity index (χ1n) is 5.73. The molecule has 0 aliphatic heterocycles. The Morgan fingerprint density at radius 1 is 1.12 bits per heavy atom. The predicted octanol–water partition coefficient (Wildman–Crippen LogP) is 3.79. The first-order valence-corrected chi connectivity index (χ1v) is 6.52. The maximum absolute atomic E-state index is 5.94. The molecule has 0 radical (unpaired) electrons. The van der Waals surface area contributed by atoms with Crippen molar-refractivity contribution in [1.29, 1.82) is 0 Å². The second kappa shape index (κ2) is 5.69. The van der Waals surface area contributed by atoms with Gasteiger partial charge in [-0.15, -0.1) is 0 Å². The van der Waals surface area contributed by atoms with Gasteiger partial charge < -0.3 is 9.47 Å². The van der Waals surface area contributed by atoms with Gasteiger partial charge in [0.15, 0.2) is 0 Å². The fourth-order valence-electron chi connectivity index (χ4n) is 2.13. The van der Waals surface area contributed by atoms with E-state index in [1.165, 1.54) is 6.42 Å². The smallest absolute Gasteiger partial charge is 0.119 e. The number of halogens is 1. The van der Waals surface area contributed by atoms with E-state index in [9.17, 15) is 0 Å². The van der Waals surface area contributed by atoms with Crippen LogP contribution in [0, 0.1) is 0 Å². The van der Waals surface area contributed by atoms with Gasteiger partial charge in [0.1, 0.15) is 11.9 Å². The first-order chi connectivity index (χ1) is 7.78. The Labute approximate surface area is 105 Å². The lowest BCUT2D eigenvalue weighted by atomic mass is 9.95. The number of ether oxygens (including phenoxy) is 2. The van der Waals surface area contributed by atoms with Gasteiger partial charge >= 0.3 is 0 Å². The van der Waals surface area contributed by atoms with Crippen LogP contribution in [0.3, 0.4) is 0 Å². The van der Waals surface area contributed by atoms with Crippen molar-refractivity contribution >= 4 is 15.9 Å². The normalized spacial score (nSPS) is 25.4. The Balaban J connectivity index is 1.91. The second-order valence-corrected chi connectivity index (χ2v) is 5.13. The fraction of sp³-hybridized carbons (Fsp3) is 0.538. The van der Waals surface area contributed by atoms with Crippen LogP contribution < -0.4 is 4.74 Å². The number of hydrogen-bond acceptors (Lipinski definition) is 2. The molecule has 3 heteroatoms. The van der Waals surface area contributed by atoms with Crippen LogP contribution in [0.1, 0.15) is 25.7 Å². The molecule has 0 bridgehead atoms. The van der Waals surface area contributed by atoms with Gasteiger partial charge in [-0.3, -0.25) is 0 Å². The largest absolute Gasteiger partial charge is 0.490 e. The summed E-state index contributed by atoms with van der Waals surface area (Å²) in [5.41, 5.74) is 0. The Hall–Kier alpha value is -0.540. The number of rotatable bonds is 3. The van der Waals surface area contributed by atoms with Crippen molar-refractivity contribution < 1.29 is 9.47 Å². The van der Waals surface area contributed by atoms with Crippen LogP contribution in [0.15, 0.2) is 28.7 Å². The molecule has 0 aromatic heterocycles. The number of benzene rings is 1. The molecule has 0 N–H and O–H groups in total. The summed E-state index contributed by atoms with van der Waals surface area (Å²) in [4.78, 5) is 0. The summed E-state index contributed by atoms with van der Waals surface area (Å²) in [6, 6.07) is 8.01. The second-order valence-electron chi connectivity index (χ2n) is 4.22. The van der Waals surface area contributed by atoms with E-state index < -0.39 is 0 Å². The standard InChI is InChI=1S/C13H17BrO2/c1-15-12-3-2-4-13(9-12)16-11-7-5-10(14)6-8-11/h5-8,12-13H,2-4,9H2,1H3. The van der Waals surface area contributed by atoms with Gasteiger partial charge in [-0.05, 0) is 43.5 Å². The zero-order chi connectivity index (χ0) is 11.4. The van der Waals surface area contributed by atoms with Crippen molar-refractivity contribution in [1.82, 2.24) is 0 Å². The lowest BCUT2D eigenvalue weighted by Gasteiger charge is -2.28. The average molecular weight is 285 g/mol. The number of methoxy groups -OCH3 is 1. The highest BCUT2D eigenvalue weighted by Gasteiger charge is 2.22. The molecule has 1 aliphatic carbocycles. The molecule has 1 fully saturated rings. The highest BCUT2D eigenvalue weighted by molar-refractivity contribution is 9.10. The molecule has 16 heavy (non-hydrogen) atoms. The quantitative estimate of drug-likeness (QED) is 0.841. The van der Waals surface area contributed by atoms with Gasteiger partial charge in [0.2, 0.25) is 0 Å². The van der Waals surface area contributed by atoms with Crippen molar-refractivity contribution in [3.05, 3.63) is 28.7 Å². The lowest BCUT2D eigenvalue weighted by molar-refractivity contribution is 0.0210. The molecule has 1 aromatic rings. The molecular formula is C13H17BrO2. The summed E-state index contributed by atoms with van der Waals surface area (Å²) in [5, 5.41) is 0. The van der Waals surface area contributed by atoms with Gasteiger partial charge in [0.05, 0.1) is 6.10 Å². The molecule has 1 saturated carbocycles. The van der Waals surface area contributed by atoms with E-state index in [1.807, 2.05) is 24.3 Å². The third kappa shape index (κ3) is 3.22. The number of hydrogen-bond donors (Lipinski definition) is 0. The van der Waals surface area contributed by atoms with E-state index in [0.717, 1.165) is 29.5 Å². The minimum absolute atomic E-state index is 0.305. The van der Waals surface area contributed by atoms with Gasteiger partial charge in [-0.25, -0.2) is 0 Å². The molecule has 2 rings (SSSR count). The molecule has 2 unspecified atom stereocenters. The van der Waals surface area contributed by atoms with Crippen LogP contribution in [0.2, 0.25) is 0 Å². The first kappa shape index (κ1) is 11.9. The Kier molecular flexibility index (Phi) is 4.24. The Morgan fingerprint density at radius 2 is 1.81 bits per heavy atom. The fourth-order valence-corrected chi connectivity index (χ4v) is 2.39. The summed E-state index contributed by atoms with van der Waals surface area (Å²) in [7, 11) is 1.78. The minimum atomic E-state index is 0.305. The molecule has 1 aromatic carbocycles. The maximum Gasteiger partial charge on any atom is 0.119 e. The van der Waals surface area contributed by atoms with Crippen LogP contribution in [-0.2, 0) is 4.74 Å². The third-order valence-corrected chi connectivity index (χ3v) is 3.56. The summed E-state index contributed by atoms with van der Waals surface area (Å²) in [6.45, 7) is 0. The van der Waals surface area contributed by atoms with E-state index in [4.69, 9.17) is 9.47 Å². The van der Waals surface area contributed by atoms with E-state index in [-0.39, 0.29) is 0 Å². The lowest BCUT2D eigenvalue weighted by Crippen LogP contribution is -2.29. The van der Waals surface area contributed by atoms with Crippen LogP contribution in [0.4, 0.5) is 0 Å². The highest BCUT2D eigenvalue weighted by Crippen LogP contribution is 2.25. The molecule has 0 heterocycles. The summed E-state index contributed by atoms with van der Waals surface area (Å²) in [6.07, 6.45) is 5.17. The van der Waals surface area contributed by atoms with Crippen molar-refractivity contribution in [2.75, 3.05) is 7.11 Å². The van der Waals surface area contributed by atoms with Crippen molar-refractivity contribution in [2.24, 2.45) is 0 Å².